The summed E-state index contributed by atoms with van der Waals surface area (Å²) in [5.74, 6) is 0.908. The number of nitrogens with zero attached hydrogens (tertiary/aromatic N) is 6. The summed E-state index contributed by atoms with van der Waals surface area (Å²) in [5, 5.41) is 8.90. The summed E-state index contributed by atoms with van der Waals surface area (Å²) in [5.41, 5.74) is 2.48. The molecule has 0 spiro atoms. The highest BCUT2D eigenvalue weighted by molar-refractivity contribution is 5.70. The number of anilines is 3. The van der Waals surface area contributed by atoms with E-state index in [9.17, 15) is 8.78 Å². The van der Waals surface area contributed by atoms with Crippen LogP contribution in [0.3, 0.4) is 0 Å². The first-order valence-corrected chi connectivity index (χ1v) is 10.4. The molecule has 33 heavy (non-hydrogen) atoms. The van der Waals surface area contributed by atoms with Crippen LogP contribution in [0.2, 0.25) is 0 Å². The molecule has 4 rings (SSSR count). The minimum Gasteiger partial charge on any atom is -0.494 e. The Morgan fingerprint density at radius 1 is 1.09 bits per heavy atom. The van der Waals surface area contributed by atoms with Crippen LogP contribution in [-0.4, -0.2) is 47.8 Å². The van der Waals surface area contributed by atoms with E-state index in [1.165, 1.54) is 12.1 Å². The molecule has 3 heterocycles. The van der Waals surface area contributed by atoms with Crippen LogP contribution in [0.5, 0.6) is 11.5 Å². The van der Waals surface area contributed by atoms with Crippen molar-refractivity contribution in [1.82, 2.24) is 15.0 Å². The Morgan fingerprint density at radius 2 is 1.79 bits per heavy atom. The van der Waals surface area contributed by atoms with Gasteiger partial charge in [0.05, 0.1) is 31.4 Å². The standard InChI is InChI=1S/C23H22F2N6O2/c1-32-21-6-9-27-15-20(21)31(16-2-4-19(5-3-16)33-23(24)25)17-7-10-30(11-8-17)18-13-28-22(12-26)29-14-18/h2-6,9,13-15,17,23H,7-8,10-11H2,1H3. The van der Waals surface area contributed by atoms with Crippen molar-refractivity contribution >= 4 is 17.1 Å². The summed E-state index contributed by atoms with van der Waals surface area (Å²) in [7, 11) is 1.60. The minimum absolute atomic E-state index is 0.0995. The van der Waals surface area contributed by atoms with Crippen molar-refractivity contribution in [3.8, 4) is 17.6 Å². The van der Waals surface area contributed by atoms with E-state index in [1.54, 1.807) is 50.1 Å². The summed E-state index contributed by atoms with van der Waals surface area (Å²) in [6, 6.07) is 10.4. The zero-order valence-electron chi connectivity index (χ0n) is 17.9. The van der Waals surface area contributed by atoms with Crippen molar-refractivity contribution in [2.24, 2.45) is 0 Å². The molecule has 170 valence electrons. The van der Waals surface area contributed by atoms with Crippen LogP contribution < -0.4 is 19.3 Å². The van der Waals surface area contributed by atoms with E-state index in [-0.39, 0.29) is 17.6 Å². The second kappa shape index (κ2) is 10.1. The minimum atomic E-state index is -2.87. The fourth-order valence-electron chi connectivity index (χ4n) is 3.99. The van der Waals surface area contributed by atoms with Gasteiger partial charge in [0.1, 0.15) is 23.3 Å². The lowest BCUT2D eigenvalue weighted by Gasteiger charge is -2.40. The molecule has 0 radical (unpaired) electrons. The lowest BCUT2D eigenvalue weighted by atomic mass is 10.0. The first-order chi connectivity index (χ1) is 16.1. The SMILES string of the molecule is COc1ccncc1N(c1ccc(OC(F)F)cc1)C1CCN(c2cnc(C#N)nc2)CC1. The van der Waals surface area contributed by atoms with Gasteiger partial charge in [-0.3, -0.25) is 4.98 Å². The van der Waals surface area contributed by atoms with Crippen LogP contribution in [0, 0.1) is 11.3 Å². The Bertz CT molecular complexity index is 1100. The molecule has 1 aromatic carbocycles. The molecular weight excluding hydrogens is 430 g/mol. The third-order valence-electron chi connectivity index (χ3n) is 5.51. The zero-order chi connectivity index (χ0) is 23.2. The number of rotatable bonds is 7. The molecule has 3 aromatic rings. The molecule has 0 saturated carbocycles. The number of piperidine rings is 1. The lowest BCUT2D eigenvalue weighted by molar-refractivity contribution is -0.0498. The van der Waals surface area contributed by atoms with Gasteiger partial charge in [0.2, 0.25) is 5.82 Å². The van der Waals surface area contributed by atoms with Gasteiger partial charge >= 0.3 is 6.61 Å². The maximum Gasteiger partial charge on any atom is 0.387 e. The first-order valence-electron chi connectivity index (χ1n) is 10.4. The van der Waals surface area contributed by atoms with Crippen LogP contribution in [0.1, 0.15) is 18.7 Å². The molecule has 0 N–H and O–H groups in total. The summed E-state index contributed by atoms with van der Waals surface area (Å²) in [6.07, 6.45) is 8.35. The number of alkyl halides is 2. The first kappa shape index (κ1) is 22.2. The summed E-state index contributed by atoms with van der Waals surface area (Å²) < 4.78 is 35.2. The maximum absolute atomic E-state index is 12.6. The monoisotopic (exact) mass is 452 g/mol. The Kier molecular flexibility index (Phi) is 6.78. The van der Waals surface area contributed by atoms with E-state index in [2.05, 4.69) is 29.5 Å². The summed E-state index contributed by atoms with van der Waals surface area (Å²) >= 11 is 0. The van der Waals surface area contributed by atoms with Crippen molar-refractivity contribution in [1.29, 1.82) is 5.26 Å². The van der Waals surface area contributed by atoms with Gasteiger partial charge in [-0.25, -0.2) is 9.97 Å². The summed E-state index contributed by atoms with van der Waals surface area (Å²) in [4.78, 5) is 16.7. The molecule has 8 nitrogen and oxygen atoms in total. The van der Waals surface area contributed by atoms with E-state index in [1.807, 2.05) is 6.07 Å². The fourth-order valence-corrected chi connectivity index (χ4v) is 3.99. The normalized spacial score (nSPS) is 14.1. The van der Waals surface area contributed by atoms with Crippen molar-refractivity contribution in [3.05, 3.63) is 60.9 Å². The molecule has 1 saturated heterocycles. The van der Waals surface area contributed by atoms with Crippen LogP contribution >= 0.6 is 0 Å². The Labute approximate surface area is 190 Å². The molecule has 1 aliphatic rings. The maximum atomic E-state index is 12.6. The van der Waals surface area contributed by atoms with Gasteiger partial charge in [-0.05, 0) is 37.1 Å². The van der Waals surface area contributed by atoms with Crippen molar-refractivity contribution in [3.63, 3.8) is 0 Å². The molecular formula is C23H22F2N6O2. The molecule has 1 aliphatic heterocycles. The van der Waals surface area contributed by atoms with E-state index in [4.69, 9.17) is 10.00 Å². The fraction of sp³-hybridized carbons (Fsp3) is 0.304. The second-order valence-electron chi connectivity index (χ2n) is 7.38. The zero-order valence-corrected chi connectivity index (χ0v) is 17.9. The lowest BCUT2D eigenvalue weighted by Crippen LogP contribution is -2.43. The van der Waals surface area contributed by atoms with Crippen LogP contribution in [0.25, 0.3) is 0 Å². The molecule has 1 fully saturated rings. The third kappa shape index (κ3) is 5.09. The Morgan fingerprint density at radius 3 is 2.39 bits per heavy atom. The number of methoxy groups -OCH3 is 1. The smallest absolute Gasteiger partial charge is 0.387 e. The number of ether oxygens (including phenoxy) is 2. The molecule has 0 atom stereocenters. The largest absolute Gasteiger partial charge is 0.494 e. The van der Waals surface area contributed by atoms with E-state index in [0.717, 1.165) is 43.0 Å². The highest BCUT2D eigenvalue weighted by Crippen LogP contribution is 2.38. The van der Waals surface area contributed by atoms with Gasteiger partial charge in [0.15, 0.2) is 0 Å². The second-order valence-corrected chi connectivity index (χ2v) is 7.38. The van der Waals surface area contributed by atoms with Gasteiger partial charge in [-0.1, -0.05) is 0 Å². The molecule has 2 aromatic heterocycles. The molecule has 10 heteroatoms. The van der Waals surface area contributed by atoms with Gasteiger partial charge in [-0.2, -0.15) is 14.0 Å². The number of aromatic nitrogens is 3. The number of nitriles is 1. The molecule has 0 bridgehead atoms. The number of hydrogen-bond acceptors (Lipinski definition) is 8. The Balaban J connectivity index is 1.58. The van der Waals surface area contributed by atoms with Gasteiger partial charge in [0, 0.05) is 37.1 Å². The van der Waals surface area contributed by atoms with Crippen LogP contribution in [-0.2, 0) is 0 Å². The number of pyridine rings is 1. The number of halogens is 2. The highest BCUT2D eigenvalue weighted by atomic mass is 19.3. The third-order valence-corrected chi connectivity index (χ3v) is 5.51. The number of benzene rings is 1. The van der Waals surface area contributed by atoms with Crippen molar-refractivity contribution in [2.45, 2.75) is 25.5 Å². The van der Waals surface area contributed by atoms with Crippen molar-refractivity contribution in [2.75, 3.05) is 30.0 Å². The van der Waals surface area contributed by atoms with Crippen LogP contribution in [0.15, 0.2) is 55.1 Å². The average Bonchev–Trinajstić information content (AvgIpc) is 2.86. The molecule has 0 aliphatic carbocycles. The van der Waals surface area contributed by atoms with E-state index in [0.29, 0.717) is 5.75 Å². The Hall–Kier alpha value is -4.00. The quantitative estimate of drug-likeness (QED) is 0.528. The molecule has 0 unspecified atom stereocenters. The number of hydrogen-bond donors (Lipinski definition) is 0. The van der Waals surface area contributed by atoms with Crippen molar-refractivity contribution < 1.29 is 18.3 Å². The average molecular weight is 452 g/mol. The highest BCUT2D eigenvalue weighted by Gasteiger charge is 2.28. The predicted molar refractivity (Wildman–Crippen MR) is 118 cm³/mol. The van der Waals surface area contributed by atoms with Gasteiger partial charge < -0.3 is 19.3 Å². The summed E-state index contributed by atoms with van der Waals surface area (Å²) in [6.45, 7) is -1.36. The van der Waals surface area contributed by atoms with Gasteiger partial charge in [-0.15, -0.1) is 0 Å². The van der Waals surface area contributed by atoms with Crippen LogP contribution in [0.4, 0.5) is 25.8 Å². The van der Waals surface area contributed by atoms with E-state index >= 15 is 0 Å². The van der Waals surface area contributed by atoms with Gasteiger partial charge in [0.25, 0.3) is 0 Å². The predicted octanol–water partition coefficient (Wildman–Crippen LogP) is 4.16. The van der Waals surface area contributed by atoms with E-state index < -0.39 is 6.61 Å². The topological polar surface area (TPSA) is 87.4 Å². The molecule has 0 amide bonds.